The van der Waals surface area contributed by atoms with Gasteiger partial charge in [-0.2, -0.15) is 0 Å². The Bertz CT molecular complexity index is 1470. The molecule has 3 N–H and O–H groups in total. The molecule has 3 heterocycles. The monoisotopic (exact) mass is 700 g/mol. The normalized spacial score (nSPS) is 18.8. The van der Waals surface area contributed by atoms with E-state index in [1.165, 1.54) is 7.11 Å². The number of amides is 3. The maximum absolute atomic E-state index is 13.7. The summed E-state index contributed by atoms with van der Waals surface area (Å²) in [6.07, 6.45) is 5.81. The molecule has 11 nitrogen and oxygen atoms in total. The van der Waals surface area contributed by atoms with Crippen LogP contribution in [-0.4, -0.2) is 96.2 Å². The molecular formula is C35H48N4O7S2. The van der Waals surface area contributed by atoms with Crippen LogP contribution in [0.5, 0.6) is 23.0 Å². The van der Waals surface area contributed by atoms with Crippen LogP contribution in [0.4, 0.5) is 11.4 Å². The van der Waals surface area contributed by atoms with Crippen molar-refractivity contribution in [3.63, 3.8) is 0 Å². The molecule has 262 valence electrons. The maximum atomic E-state index is 13.7. The molecule has 0 aromatic heterocycles. The topological polar surface area (TPSA) is 133 Å². The fourth-order valence-electron chi connectivity index (χ4n) is 6.63. The number of ether oxygens (including phenoxy) is 4. The second-order valence-electron chi connectivity index (χ2n) is 12.0. The van der Waals surface area contributed by atoms with Crippen molar-refractivity contribution in [3.05, 3.63) is 35.4 Å². The third-order valence-corrected chi connectivity index (χ3v) is 11.8. The molecule has 0 radical (unpaired) electrons. The number of nitrogen functional groups attached to an aromatic ring is 1. The van der Waals surface area contributed by atoms with Crippen LogP contribution in [0.25, 0.3) is 0 Å². The summed E-state index contributed by atoms with van der Waals surface area (Å²) in [6, 6.07) is 6.47. The Kier molecular flexibility index (Phi) is 12.5. The molecule has 0 bridgehead atoms. The number of fused-ring (bicyclic) bond motifs is 2. The van der Waals surface area contributed by atoms with E-state index in [1.54, 1.807) is 36.3 Å². The van der Waals surface area contributed by atoms with Crippen LogP contribution in [0, 0.1) is 0 Å². The predicted molar refractivity (Wildman–Crippen MR) is 192 cm³/mol. The van der Waals surface area contributed by atoms with E-state index < -0.39 is 6.04 Å². The number of rotatable bonds is 16. The summed E-state index contributed by atoms with van der Waals surface area (Å²) in [7, 11) is 3.10. The number of nitrogens with zero attached hydrogens (tertiary/aromatic N) is 2. The highest BCUT2D eigenvalue weighted by Crippen LogP contribution is 2.39. The molecule has 0 aliphatic carbocycles. The van der Waals surface area contributed by atoms with Crippen molar-refractivity contribution >= 4 is 52.6 Å². The molecule has 3 amide bonds. The van der Waals surface area contributed by atoms with Gasteiger partial charge in [-0.05, 0) is 68.6 Å². The number of benzene rings is 2. The van der Waals surface area contributed by atoms with Gasteiger partial charge in [0, 0.05) is 30.9 Å². The van der Waals surface area contributed by atoms with Crippen molar-refractivity contribution in [2.24, 2.45) is 0 Å². The molecule has 3 aliphatic rings. The molecule has 2 saturated heterocycles. The highest BCUT2D eigenvalue weighted by Gasteiger charge is 2.39. The lowest BCUT2D eigenvalue weighted by molar-refractivity contribution is -0.119. The van der Waals surface area contributed by atoms with Gasteiger partial charge < -0.3 is 39.8 Å². The first-order valence-electron chi connectivity index (χ1n) is 16.9. The largest absolute Gasteiger partial charge is 0.493 e. The number of carbonyl (C=O) groups is 3. The quantitative estimate of drug-likeness (QED) is 0.124. The number of likely N-dealkylation sites (tertiary alicyclic amines) is 1. The summed E-state index contributed by atoms with van der Waals surface area (Å²) < 4.78 is 23.6. The first-order chi connectivity index (χ1) is 23.3. The Labute approximate surface area is 291 Å². The van der Waals surface area contributed by atoms with Gasteiger partial charge in [0.1, 0.15) is 6.04 Å². The van der Waals surface area contributed by atoms with E-state index >= 15 is 0 Å². The van der Waals surface area contributed by atoms with Crippen LogP contribution in [0.2, 0.25) is 0 Å². The van der Waals surface area contributed by atoms with Gasteiger partial charge >= 0.3 is 0 Å². The minimum absolute atomic E-state index is 0.0568. The molecule has 13 heteroatoms. The van der Waals surface area contributed by atoms with Crippen LogP contribution in [0.1, 0.15) is 79.5 Å². The van der Waals surface area contributed by atoms with Gasteiger partial charge in [-0.25, -0.2) is 0 Å². The molecule has 2 aromatic carbocycles. The lowest BCUT2D eigenvalue weighted by Gasteiger charge is -2.31. The first-order valence-corrected chi connectivity index (χ1v) is 19.0. The van der Waals surface area contributed by atoms with Gasteiger partial charge in [-0.3, -0.25) is 14.4 Å². The van der Waals surface area contributed by atoms with Crippen molar-refractivity contribution in [2.75, 3.05) is 63.1 Å². The molecule has 0 unspecified atom stereocenters. The molecule has 0 spiro atoms. The Morgan fingerprint density at radius 2 is 1.54 bits per heavy atom. The van der Waals surface area contributed by atoms with Crippen LogP contribution in [-0.2, 0) is 4.79 Å². The van der Waals surface area contributed by atoms with E-state index in [-0.39, 0.29) is 23.8 Å². The maximum Gasteiger partial charge on any atom is 0.256 e. The molecule has 2 aromatic rings. The van der Waals surface area contributed by atoms with Gasteiger partial charge in [0.05, 0.1) is 54.9 Å². The minimum Gasteiger partial charge on any atom is -0.493 e. The second-order valence-corrected chi connectivity index (χ2v) is 15.2. The van der Waals surface area contributed by atoms with E-state index in [1.807, 2.05) is 28.4 Å². The van der Waals surface area contributed by atoms with E-state index in [0.717, 1.165) is 56.6 Å². The summed E-state index contributed by atoms with van der Waals surface area (Å²) >= 11 is 3.81. The fraction of sp³-hybridized carbons (Fsp3) is 0.571. The minimum atomic E-state index is -0.436. The Balaban J connectivity index is 1.12. The van der Waals surface area contributed by atoms with E-state index in [2.05, 4.69) is 19.2 Å². The van der Waals surface area contributed by atoms with Gasteiger partial charge in [-0.1, -0.05) is 13.8 Å². The van der Waals surface area contributed by atoms with Gasteiger partial charge in [0.15, 0.2) is 23.0 Å². The number of nitrogens with two attached hydrogens (primary N) is 1. The highest BCUT2D eigenvalue weighted by atomic mass is 32.2. The summed E-state index contributed by atoms with van der Waals surface area (Å²) in [6.45, 7) is 6.48. The number of hydrogen-bond acceptors (Lipinski definition) is 10. The number of thioether (sulfide) groups is 2. The van der Waals surface area contributed by atoms with Gasteiger partial charge in [0.25, 0.3) is 11.8 Å². The Morgan fingerprint density at radius 1 is 0.896 bits per heavy atom. The smallest absolute Gasteiger partial charge is 0.256 e. The SMILES string of the molecule is CCSC(SCC)[C@@H]1CCCN1C(=O)c1cc(OC)c(OCCCCCOc2cc3c(cc2OC)C(=O)N2CCC[C@H]2C(=O)N3)cc1N. The van der Waals surface area contributed by atoms with Crippen molar-refractivity contribution in [1.29, 1.82) is 0 Å². The van der Waals surface area contributed by atoms with E-state index in [9.17, 15) is 14.4 Å². The molecule has 48 heavy (non-hydrogen) atoms. The molecule has 0 saturated carbocycles. The number of nitrogens with one attached hydrogen (secondary N) is 1. The summed E-state index contributed by atoms with van der Waals surface area (Å²) in [5, 5.41) is 2.91. The summed E-state index contributed by atoms with van der Waals surface area (Å²) in [4.78, 5) is 43.2. The lowest BCUT2D eigenvalue weighted by Crippen LogP contribution is -2.41. The third kappa shape index (κ3) is 7.88. The van der Waals surface area contributed by atoms with Crippen molar-refractivity contribution < 1.29 is 33.3 Å². The number of carbonyl (C=O) groups excluding carboxylic acids is 3. The van der Waals surface area contributed by atoms with Gasteiger partial charge in [-0.15, -0.1) is 23.5 Å². The fourth-order valence-corrected chi connectivity index (χ4v) is 9.49. The lowest BCUT2D eigenvalue weighted by atomic mass is 10.1. The summed E-state index contributed by atoms with van der Waals surface area (Å²) in [5.41, 5.74) is 8.11. The first kappa shape index (κ1) is 35.8. The standard InChI is InChI=1S/C35H48N4O7S2/c1-5-47-35(48-6-2)27-13-11-15-39(27)33(41)22-18-28(43-3)30(20-24(22)36)45-16-8-7-9-17-46-31-21-25-23(19-29(31)44-4)34(42)38-14-10-12-26(38)32(40)37-25/h18-21,26-27,35H,5-17,36H2,1-4H3,(H,37,40)/t26-,27-/m0/s1. The van der Waals surface area contributed by atoms with Crippen molar-refractivity contribution in [2.45, 2.75) is 75.5 Å². The second kappa shape index (κ2) is 16.8. The van der Waals surface area contributed by atoms with E-state index in [0.29, 0.717) is 76.3 Å². The number of methoxy groups -OCH3 is 2. The number of unbranched alkanes of at least 4 members (excludes halogenated alkanes) is 2. The average molecular weight is 701 g/mol. The number of anilines is 2. The van der Waals surface area contributed by atoms with Crippen molar-refractivity contribution in [1.82, 2.24) is 9.80 Å². The van der Waals surface area contributed by atoms with Crippen molar-refractivity contribution in [3.8, 4) is 23.0 Å². The molecule has 5 rings (SSSR count). The van der Waals surface area contributed by atoms with Crippen LogP contribution < -0.4 is 30.0 Å². The number of hydrogen-bond donors (Lipinski definition) is 2. The third-order valence-electron chi connectivity index (χ3n) is 9.01. The zero-order valence-corrected chi connectivity index (χ0v) is 30.0. The van der Waals surface area contributed by atoms with Crippen LogP contribution in [0.3, 0.4) is 0 Å². The Hall–Kier alpha value is -3.45. The van der Waals surface area contributed by atoms with Gasteiger partial charge in [0.2, 0.25) is 5.91 Å². The van der Waals surface area contributed by atoms with E-state index in [4.69, 9.17) is 24.7 Å². The summed E-state index contributed by atoms with van der Waals surface area (Å²) in [5.74, 6) is 3.54. The molecule has 2 atom stereocenters. The highest BCUT2D eigenvalue weighted by molar-refractivity contribution is 8.17. The Morgan fingerprint density at radius 3 is 2.21 bits per heavy atom. The molecular weight excluding hydrogens is 653 g/mol. The molecule has 3 aliphatic heterocycles. The average Bonchev–Trinajstić information content (AvgIpc) is 3.76. The molecule has 2 fully saturated rings. The zero-order chi connectivity index (χ0) is 34.2. The van der Waals surface area contributed by atoms with Crippen LogP contribution in [0.15, 0.2) is 24.3 Å². The zero-order valence-electron chi connectivity index (χ0n) is 28.4. The predicted octanol–water partition coefficient (Wildman–Crippen LogP) is 5.91. The van der Waals surface area contributed by atoms with Crippen LogP contribution >= 0.6 is 23.5 Å².